The summed E-state index contributed by atoms with van der Waals surface area (Å²) >= 11 is 5.97. The fraction of sp³-hybridized carbons (Fsp3) is 0. The number of hydrogen-bond acceptors (Lipinski definition) is 3. The Bertz CT molecular complexity index is 880. The van der Waals surface area contributed by atoms with Gasteiger partial charge >= 0.3 is 0 Å². The SMILES string of the molecule is O=COc1cc(-c2ccc(F)c(F)c2)n(-c2cccc(Cl)c2)n1. The summed E-state index contributed by atoms with van der Waals surface area (Å²) < 4.78 is 32.8. The molecule has 116 valence electrons. The van der Waals surface area contributed by atoms with Gasteiger partial charge in [-0.05, 0) is 36.4 Å². The van der Waals surface area contributed by atoms with Crippen LogP contribution >= 0.6 is 11.6 Å². The molecule has 4 nitrogen and oxygen atoms in total. The molecule has 0 atom stereocenters. The Labute approximate surface area is 134 Å². The lowest BCUT2D eigenvalue weighted by atomic mass is 10.1. The number of carbonyl (C=O) groups is 1. The molecule has 0 aliphatic carbocycles. The first-order chi connectivity index (χ1) is 11.1. The zero-order chi connectivity index (χ0) is 16.4. The molecule has 3 aromatic rings. The van der Waals surface area contributed by atoms with Gasteiger partial charge in [-0.25, -0.2) is 13.5 Å². The van der Waals surface area contributed by atoms with Crippen molar-refractivity contribution in [2.24, 2.45) is 0 Å². The van der Waals surface area contributed by atoms with Crippen LogP contribution in [0.15, 0.2) is 48.5 Å². The van der Waals surface area contributed by atoms with E-state index in [1.165, 1.54) is 16.8 Å². The maximum Gasteiger partial charge on any atom is 0.299 e. The molecule has 1 aromatic heterocycles. The second-order valence-electron chi connectivity index (χ2n) is 4.60. The normalized spacial score (nSPS) is 10.6. The van der Waals surface area contributed by atoms with Gasteiger partial charge in [-0.1, -0.05) is 17.7 Å². The first kappa shape index (κ1) is 15.2. The van der Waals surface area contributed by atoms with Gasteiger partial charge in [0.1, 0.15) is 0 Å². The molecule has 0 saturated heterocycles. The molecule has 0 fully saturated rings. The highest BCUT2D eigenvalue weighted by Crippen LogP contribution is 2.28. The second-order valence-corrected chi connectivity index (χ2v) is 5.04. The van der Waals surface area contributed by atoms with Crippen LogP contribution in [0.25, 0.3) is 16.9 Å². The van der Waals surface area contributed by atoms with Gasteiger partial charge < -0.3 is 4.74 Å². The number of nitrogens with zero attached hydrogens (tertiary/aromatic N) is 2. The van der Waals surface area contributed by atoms with Crippen molar-refractivity contribution in [2.45, 2.75) is 0 Å². The van der Waals surface area contributed by atoms with Crippen molar-refractivity contribution >= 4 is 18.1 Å². The van der Waals surface area contributed by atoms with E-state index in [-0.39, 0.29) is 12.4 Å². The van der Waals surface area contributed by atoms with E-state index >= 15 is 0 Å². The van der Waals surface area contributed by atoms with Gasteiger partial charge in [0, 0.05) is 16.7 Å². The first-order valence-corrected chi connectivity index (χ1v) is 6.88. The molecule has 0 aliphatic rings. The number of hydrogen-bond donors (Lipinski definition) is 0. The van der Waals surface area contributed by atoms with Crippen LogP contribution in [-0.4, -0.2) is 16.3 Å². The molecule has 2 aromatic carbocycles. The van der Waals surface area contributed by atoms with Crippen molar-refractivity contribution in [1.82, 2.24) is 9.78 Å². The molecule has 0 amide bonds. The minimum Gasteiger partial charge on any atom is -0.408 e. The fourth-order valence-electron chi connectivity index (χ4n) is 2.13. The standard InChI is InChI=1S/C16H9ClF2N2O2/c17-11-2-1-3-12(7-11)21-15(8-16(20-21)23-9-22)10-4-5-13(18)14(19)6-10/h1-9H. The molecule has 0 bridgehead atoms. The largest absolute Gasteiger partial charge is 0.408 e. The van der Waals surface area contributed by atoms with Crippen LogP contribution < -0.4 is 4.74 Å². The highest BCUT2D eigenvalue weighted by molar-refractivity contribution is 6.30. The third-order valence-electron chi connectivity index (χ3n) is 3.12. The van der Waals surface area contributed by atoms with Crippen LogP contribution in [0, 0.1) is 11.6 Å². The molecular weight excluding hydrogens is 326 g/mol. The maximum atomic E-state index is 13.5. The Morgan fingerprint density at radius 1 is 1.09 bits per heavy atom. The molecule has 7 heteroatoms. The summed E-state index contributed by atoms with van der Waals surface area (Å²) in [6.07, 6.45) is 0. The van der Waals surface area contributed by atoms with E-state index in [4.69, 9.17) is 16.3 Å². The lowest BCUT2D eigenvalue weighted by Gasteiger charge is -2.08. The quantitative estimate of drug-likeness (QED) is 0.677. The van der Waals surface area contributed by atoms with E-state index in [2.05, 4.69) is 5.10 Å². The number of carbonyl (C=O) groups excluding carboxylic acids is 1. The van der Waals surface area contributed by atoms with Crippen LogP contribution in [-0.2, 0) is 4.79 Å². The minimum atomic E-state index is -0.987. The molecular formula is C16H9ClF2N2O2. The van der Waals surface area contributed by atoms with Crippen LogP contribution in [0.2, 0.25) is 5.02 Å². The monoisotopic (exact) mass is 334 g/mol. The molecule has 0 unspecified atom stereocenters. The summed E-state index contributed by atoms with van der Waals surface area (Å²) in [4.78, 5) is 10.5. The van der Waals surface area contributed by atoms with E-state index in [9.17, 15) is 13.6 Å². The average Bonchev–Trinajstić information content (AvgIpc) is 2.94. The van der Waals surface area contributed by atoms with Crippen molar-refractivity contribution < 1.29 is 18.3 Å². The zero-order valence-corrected chi connectivity index (χ0v) is 12.3. The summed E-state index contributed by atoms with van der Waals surface area (Å²) in [6, 6.07) is 11.7. The van der Waals surface area contributed by atoms with Crippen LogP contribution in [0.3, 0.4) is 0 Å². The van der Waals surface area contributed by atoms with E-state index in [0.29, 0.717) is 22.0 Å². The summed E-state index contributed by atoms with van der Waals surface area (Å²) in [6.45, 7) is 0.236. The molecule has 0 aliphatic heterocycles. The highest BCUT2D eigenvalue weighted by Gasteiger charge is 2.15. The van der Waals surface area contributed by atoms with E-state index in [1.54, 1.807) is 24.3 Å². The van der Waals surface area contributed by atoms with Crippen molar-refractivity contribution in [2.75, 3.05) is 0 Å². The Kier molecular flexibility index (Phi) is 4.08. The highest BCUT2D eigenvalue weighted by atomic mass is 35.5. The molecule has 23 heavy (non-hydrogen) atoms. The average molecular weight is 335 g/mol. The van der Waals surface area contributed by atoms with Gasteiger partial charge in [0.25, 0.3) is 6.47 Å². The van der Waals surface area contributed by atoms with Crippen molar-refractivity contribution in [1.29, 1.82) is 0 Å². The Balaban J connectivity index is 2.18. The molecule has 0 saturated carbocycles. The molecule has 0 spiro atoms. The summed E-state index contributed by atoms with van der Waals surface area (Å²) in [5.74, 6) is -1.91. The lowest BCUT2D eigenvalue weighted by Crippen LogP contribution is -2.00. The molecule has 0 N–H and O–H groups in total. The Morgan fingerprint density at radius 3 is 2.61 bits per heavy atom. The van der Waals surface area contributed by atoms with Gasteiger partial charge in [-0.15, -0.1) is 5.10 Å². The van der Waals surface area contributed by atoms with Crippen LogP contribution in [0.1, 0.15) is 0 Å². The number of aromatic nitrogens is 2. The summed E-state index contributed by atoms with van der Waals surface area (Å²) in [7, 11) is 0. The number of halogens is 3. The third-order valence-corrected chi connectivity index (χ3v) is 3.36. The smallest absolute Gasteiger partial charge is 0.299 e. The first-order valence-electron chi connectivity index (χ1n) is 6.50. The lowest BCUT2D eigenvalue weighted by molar-refractivity contribution is -0.120. The van der Waals surface area contributed by atoms with Gasteiger partial charge in [-0.3, -0.25) is 4.79 Å². The second kappa shape index (κ2) is 6.18. The van der Waals surface area contributed by atoms with Gasteiger partial charge in [0.2, 0.25) is 5.88 Å². The van der Waals surface area contributed by atoms with Gasteiger partial charge in [0.05, 0.1) is 11.4 Å². The van der Waals surface area contributed by atoms with E-state index in [0.717, 1.165) is 12.1 Å². The maximum absolute atomic E-state index is 13.5. The number of rotatable bonds is 4. The van der Waals surface area contributed by atoms with Crippen molar-refractivity contribution in [3.05, 3.63) is 65.2 Å². The van der Waals surface area contributed by atoms with E-state index in [1.807, 2.05) is 0 Å². The predicted molar refractivity (Wildman–Crippen MR) is 80.6 cm³/mol. The summed E-state index contributed by atoms with van der Waals surface area (Å²) in [5, 5.41) is 4.61. The minimum absolute atomic E-state index is 0.0275. The number of benzene rings is 2. The number of ether oxygens (including phenoxy) is 1. The van der Waals surface area contributed by atoms with Crippen LogP contribution in [0.4, 0.5) is 8.78 Å². The van der Waals surface area contributed by atoms with Gasteiger partial charge in [0.15, 0.2) is 11.6 Å². The predicted octanol–water partition coefficient (Wildman–Crippen LogP) is 4.01. The zero-order valence-electron chi connectivity index (χ0n) is 11.5. The molecule has 3 rings (SSSR count). The summed E-state index contributed by atoms with van der Waals surface area (Å²) in [5.41, 5.74) is 1.37. The van der Waals surface area contributed by atoms with Crippen molar-refractivity contribution in [3.8, 4) is 22.8 Å². The van der Waals surface area contributed by atoms with Crippen molar-refractivity contribution in [3.63, 3.8) is 0 Å². The van der Waals surface area contributed by atoms with Crippen LogP contribution in [0.5, 0.6) is 5.88 Å². The third kappa shape index (κ3) is 3.07. The van der Waals surface area contributed by atoms with E-state index < -0.39 is 11.6 Å². The van der Waals surface area contributed by atoms with Gasteiger partial charge in [-0.2, -0.15) is 0 Å². The molecule has 1 heterocycles. The molecule has 0 radical (unpaired) electrons. The topological polar surface area (TPSA) is 44.1 Å². The Morgan fingerprint density at radius 2 is 1.91 bits per heavy atom. The fourth-order valence-corrected chi connectivity index (χ4v) is 2.32. The Hall–Kier alpha value is -2.73.